The number of alkyl halides is 3. The van der Waals surface area contributed by atoms with E-state index in [9.17, 15) is 23.1 Å². The van der Waals surface area contributed by atoms with Crippen molar-refractivity contribution >= 4 is 46.3 Å². The maximum atomic E-state index is 12.6. The highest BCUT2D eigenvalue weighted by Gasteiger charge is 2.55. The molecule has 23 heavy (non-hydrogen) atoms. The molecule has 0 fully saturated rings. The van der Waals surface area contributed by atoms with Crippen molar-refractivity contribution in [3.05, 3.63) is 34.8 Å². The normalized spacial score (nSPS) is 14.3. The third-order valence-electron chi connectivity index (χ3n) is 2.80. The summed E-state index contributed by atoms with van der Waals surface area (Å²) in [4.78, 5) is 16.4. The minimum absolute atomic E-state index is 0.0234. The van der Waals surface area contributed by atoms with Crippen LogP contribution in [0.3, 0.4) is 0 Å². The van der Waals surface area contributed by atoms with E-state index >= 15 is 0 Å². The molecular weight excluding hydrogens is 373 g/mol. The van der Waals surface area contributed by atoms with Crippen LogP contribution in [0, 0.1) is 0 Å². The molecule has 0 saturated heterocycles. The van der Waals surface area contributed by atoms with Crippen molar-refractivity contribution in [2.75, 3.05) is 5.32 Å². The van der Waals surface area contributed by atoms with Gasteiger partial charge in [0.1, 0.15) is 0 Å². The van der Waals surface area contributed by atoms with E-state index in [0.717, 1.165) is 4.34 Å². The van der Waals surface area contributed by atoms with E-state index in [1.165, 1.54) is 35.2 Å². The van der Waals surface area contributed by atoms with Gasteiger partial charge in [-0.2, -0.15) is 13.2 Å². The second-order valence-electron chi connectivity index (χ2n) is 4.57. The summed E-state index contributed by atoms with van der Waals surface area (Å²) in [6.07, 6.45) is -3.45. The number of anilines is 1. The second kappa shape index (κ2) is 6.68. The van der Waals surface area contributed by atoms with E-state index in [4.69, 9.17) is 11.6 Å². The van der Waals surface area contributed by atoms with Crippen LogP contribution in [-0.4, -0.2) is 27.8 Å². The molecule has 4 nitrogen and oxygen atoms in total. The second-order valence-corrected chi connectivity index (χ2v) is 7.19. The lowest BCUT2D eigenvalue weighted by Crippen LogP contribution is -2.52. The quantitative estimate of drug-likeness (QED) is 0.832. The van der Waals surface area contributed by atoms with E-state index in [0.29, 0.717) is 11.8 Å². The lowest BCUT2D eigenvalue weighted by molar-refractivity contribution is -0.242. The molecule has 0 bridgehead atoms. The number of hydrogen-bond donors (Lipinski definition) is 2. The van der Waals surface area contributed by atoms with Gasteiger partial charge < -0.3 is 10.4 Å². The average Bonchev–Trinajstić information content (AvgIpc) is 2.93. The summed E-state index contributed by atoms with van der Waals surface area (Å²) in [6.45, 7) is 0.378. The van der Waals surface area contributed by atoms with Gasteiger partial charge in [0, 0.05) is 16.5 Å². The van der Waals surface area contributed by atoms with Crippen molar-refractivity contribution in [3.63, 3.8) is 0 Å². The number of benzene rings is 1. The van der Waals surface area contributed by atoms with Crippen molar-refractivity contribution in [1.82, 2.24) is 4.98 Å². The Morgan fingerprint density at radius 2 is 2.13 bits per heavy atom. The standard InChI is InChI=1S/C13H10ClF3N2O2S2/c1-12(21,13(15,16)17)10(20)19-9-3-2-7(6-8(9)14)23-11-18-4-5-22-11/h2-6,21H,1H3,(H,19,20). The zero-order valence-corrected chi connectivity index (χ0v) is 13.9. The third kappa shape index (κ3) is 4.17. The topological polar surface area (TPSA) is 62.2 Å². The Kier molecular flexibility index (Phi) is 5.24. The van der Waals surface area contributed by atoms with Gasteiger partial charge in [0.25, 0.3) is 5.91 Å². The van der Waals surface area contributed by atoms with Crippen molar-refractivity contribution in [2.45, 2.75) is 27.9 Å². The predicted octanol–water partition coefficient (Wildman–Crippen LogP) is 4.20. The van der Waals surface area contributed by atoms with E-state index in [1.807, 2.05) is 5.32 Å². The van der Waals surface area contributed by atoms with Crippen LogP contribution < -0.4 is 5.32 Å². The van der Waals surface area contributed by atoms with Crippen LogP contribution in [-0.2, 0) is 4.79 Å². The first-order valence-electron chi connectivity index (χ1n) is 6.08. The summed E-state index contributed by atoms with van der Waals surface area (Å²) in [5.41, 5.74) is -3.53. The van der Waals surface area contributed by atoms with Gasteiger partial charge in [0.15, 0.2) is 4.34 Å². The molecule has 1 unspecified atom stereocenters. The number of nitrogens with zero attached hydrogens (tertiary/aromatic N) is 1. The van der Waals surface area contributed by atoms with Gasteiger partial charge in [-0.05, 0) is 25.1 Å². The fourth-order valence-electron chi connectivity index (χ4n) is 1.40. The van der Waals surface area contributed by atoms with E-state index in [1.54, 1.807) is 17.6 Å². The Labute approximate surface area is 142 Å². The monoisotopic (exact) mass is 382 g/mol. The Balaban J connectivity index is 2.14. The van der Waals surface area contributed by atoms with Crippen molar-refractivity contribution in [1.29, 1.82) is 0 Å². The maximum absolute atomic E-state index is 12.6. The number of carbonyl (C=O) groups excluding carboxylic acids is 1. The Bertz CT molecular complexity index is 706. The average molecular weight is 383 g/mol. The molecule has 0 aliphatic rings. The van der Waals surface area contributed by atoms with Gasteiger partial charge >= 0.3 is 6.18 Å². The molecule has 0 radical (unpaired) electrons. The summed E-state index contributed by atoms with van der Waals surface area (Å²) in [6, 6.07) is 4.43. The fraction of sp³-hybridized carbons (Fsp3) is 0.231. The summed E-state index contributed by atoms with van der Waals surface area (Å²) in [5, 5.41) is 13.1. The van der Waals surface area contributed by atoms with Crippen molar-refractivity contribution in [3.8, 4) is 0 Å². The van der Waals surface area contributed by atoms with E-state index < -0.39 is 17.7 Å². The van der Waals surface area contributed by atoms with Gasteiger partial charge in [0.05, 0.1) is 10.7 Å². The Morgan fingerprint density at radius 3 is 2.65 bits per heavy atom. The molecule has 0 aliphatic carbocycles. The first kappa shape index (κ1) is 18.1. The first-order valence-corrected chi connectivity index (χ1v) is 8.16. The van der Waals surface area contributed by atoms with E-state index in [2.05, 4.69) is 4.98 Å². The van der Waals surface area contributed by atoms with E-state index in [-0.39, 0.29) is 10.7 Å². The van der Waals surface area contributed by atoms with Crippen LogP contribution in [0.25, 0.3) is 0 Å². The Hall–Kier alpha value is -1.29. The molecule has 0 saturated carbocycles. The fourth-order valence-corrected chi connectivity index (χ4v) is 3.32. The van der Waals surface area contributed by atoms with Crippen LogP contribution in [0.1, 0.15) is 6.92 Å². The minimum atomic E-state index is -5.09. The molecule has 2 N–H and O–H groups in total. The number of aliphatic hydroxyl groups is 1. The van der Waals surface area contributed by atoms with Gasteiger partial charge in [-0.3, -0.25) is 4.79 Å². The number of halogens is 4. The SMILES string of the molecule is CC(O)(C(=O)Nc1ccc(Sc2nccs2)cc1Cl)C(F)(F)F. The molecule has 1 amide bonds. The third-order valence-corrected chi connectivity index (χ3v) is 4.98. The molecular formula is C13H10ClF3N2O2S2. The summed E-state index contributed by atoms with van der Waals surface area (Å²) in [5.74, 6) is -1.60. The zero-order chi connectivity index (χ0) is 17.3. The Morgan fingerprint density at radius 1 is 1.43 bits per heavy atom. The first-order chi connectivity index (χ1) is 10.6. The van der Waals surface area contributed by atoms with Crippen molar-refractivity contribution in [2.24, 2.45) is 0 Å². The van der Waals surface area contributed by atoms with Gasteiger partial charge in [-0.15, -0.1) is 11.3 Å². The number of rotatable bonds is 4. The predicted molar refractivity (Wildman–Crippen MR) is 83.0 cm³/mol. The van der Waals surface area contributed by atoms with Crippen molar-refractivity contribution < 1.29 is 23.1 Å². The molecule has 1 aromatic heterocycles. The summed E-state index contributed by atoms with van der Waals surface area (Å²) >= 11 is 8.72. The van der Waals surface area contributed by atoms with Gasteiger partial charge in [-0.25, -0.2) is 4.98 Å². The molecule has 10 heteroatoms. The molecule has 1 atom stereocenters. The van der Waals surface area contributed by atoms with Crippen LogP contribution in [0.5, 0.6) is 0 Å². The number of aromatic nitrogens is 1. The molecule has 1 aromatic carbocycles. The largest absolute Gasteiger partial charge is 0.426 e. The lowest BCUT2D eigenvalue weighted by atomic mass is 10.1. The maximum Gasteiger partial charge on any atom is 0.426 e. The van der Waals surface area contributed by atoms with Crippen LogP contribution in [0.4, 0.5) is 18.9 Å². The smallest absolute Gasteiger partial charge is 0.373 e. The number of amides is 1. The highest BCUT2D eigenvalue weighted by Crippen LogP contribution is 2.35. The lowest BCUT2D eigenvalue weighted by Gasteiger charge is -2.25. The number of nitrogens with one attached hydrogen (secondary N) is 1. The minimum Gasteiger partial charge on any atom is -0.373 e. The highest BCUT2D eigenvalue weighted by atomic mass is 35.5. The zero-order valence-electron chi connectivity index (χ0n) is 11.5. The van der Waals surface area contributed by atoms with Crippen LogP contribution >= 0.6 is 34.7 Å². The highest BCUT2D eigenvalue weighted by molar-refractivity contribution is 8.01. The molecule has 0 aliphatic heterocycles. The number of hydrogen-bond acceptors (Lipinski definition) is 5. The molecule has 2 rings (SSSR count). The van der Waals surface area contributed by atoms with Gasteiger partial charge in [-0.1, -0.05) is 23.4 Å². The summed E-state index contributed by atoms with van der Waals surface area (Å²) < 4.78 is 38.6. The number of thiazole rings is 1. The van der Waals surface area contributed by atoms with Gasteiger partial charge in [0.2, 0.25) is 5.60 Å². The van der Waals surface area contributed by atoms with Crippen LogP contribution in [0.2, 0.25) is 5.02 Å². The number of carbonyl (C=O) groups is 1. The molecule has 1 heterocycles. The van der Waals surface area contributed by atoms with Crippen LogP contribution in [0.15, 0.2) is 39.0 Å². The molecule has 0 spiro atoms. The molecule has 2 aromatic rings. The summed E-state index contributed by atoms with van der Waals surface area (Å²) in [7, 11) is 0. The molecule has 124 valence electrons.